The minimum Gasteiger partial charge on any atom is -0.491 e. The fourth-order valence-electron chi connectivity index (χ4n) is 3.14. The maximum atomic E-state index is 12.3. The highest BCUT2D eigenvalue weighted by Crippen LogP contribution is 2.22. The number of aryl methyl sites for hydroxylation is 1. The summed E-state index contributed by atoms with van der Waals surface area (Å²) in [4.78, 5) is 15.7. The second-order valence-electron chi connectivity index (χ2n) is 6.86. The number of para-hydroxylation sites is 1. The highest BCUT2D eigenvalue weighted by atomic mass is 16.5. The predicted molar refractivity (Wildman–Crippen MR) is 106 cm³/mol. The highest BCUT2D eigenvalue weighted by Gasteiger charge is 2.11. The van der Waals surface area contributed by atoms with Crippen molar-refractivity contribution in [3.05, 3.63) is 65.4 Å². The lowest BCUT2D eigenvalue weighted by atomic mass is 10.1. The Balaban J connectivity index is 1.52. The average molecular weight is 350 g/mol. The minimum atomic E-state index is 0.0533. The standard InChI is InChI=1S/C22H26N2O2/c1-15(2)26-18-10-8-17(9-11-18)12-13-23-22(25)14-20-16(3)24-21-7-5-4-6-19(20)21/h4-11,15,24H,12-14H2,1-3H3,(H,23,25). The van der Waals surface area contributed by atoms with Crippen molar-refractivity contribution in [1.82, 2.24) is 10.3 Å². The zero-order chi connectivity index (χ0) is 18.5. The molecule has 3 aromatic rings. The van der Waals surface area contributed by atoms with Gasteiger partial charge in [0, 0.05) is 23.1 Å². The molecule has 1 aromatic heterocycles. The molecule has 4 nitrogen and oxygen atoms in total. The van der Waals surface area contributed by atoms with Gasteiger partial charge < -0.3 is 15.0 Å². The Morgan fingerprint density at radius 2 is 1.85 bits per heavy atom. The number of nitrogens with one attached hydrogen (secondary N) is 2. The van der Waals surface area contributed by atoms with E-state index in [2.05, 4.69) is 16.4 Å². The Morgan fingerprint density at radius 1 is 1.12 bits per heavy atom. The molecule has 2 N–H and O–H groups in total. The molecule has 0 saturated heterocycles. The molecule has 1 amide bonds. The van der Waals surface area contributed by atoms with Crippen molar-refractivity contribution in [2.75, 3.05) is 6.54 Å². The van der Waals surface area contributed by atoms with Crippen LogP contribution in [0.4, 0.5) is 0 Å². The molecule has 0 radical (unpaired) electrons. The summed E-state index contributed by atoms with van der Waals surface area (Å²) in [6.45, 7) is 6.67. The fourth-order valence-corrected chi connectivity index (χ4v) is 3.14. The number of aromatic nitrogens is 1. The molecule has 0 aliphatic carbocycles. The van der Waals surface area contributed by atoms with Crippen molar-refractivity contribution in [2.24, 2.45) is 0 Å². The number of carbonyl (C=O) groups excluding carboxylic acids is 1. The molecular formula is C22H26N2O2. The number of rotatable bonds is 7. The van der Waals surface area contributed by atoms with Crippen LogP contribution in [0.2, 0.25) is 0 Å². The number of aromatic amines is 1. The molecule has 4 heteroatoms. The van der Waals surface area contributed by atoms with Gasteiger partial charge in [-0.1, -0.05) is 30.3 Å². The summed E-state index contributed by atoms with van der Waals surface area (Å²) >= 11 is 0. The molecule has 0 saturated carbocycles. The molecule has 0 aliphatic heterocycles. The van der Waals surface area contributed by atoms with E-state index in [-0.39, 0.29) is 12.0 Å². The molecule has 1 heterocycles. The first-order valence-corrected chi connectivity index (χ1v) is 9.11. The number of amides is 1. The highest BCUT2D eigenvalue weighted by molar-refractivity contribution is 5.90. The fraction of sp³-hybridized carbons (Fsp3) is 0.318. The minimum absolute atomic E-state index is 0.0533. The van der Waals surface area contributed by atoms with Gasteiger partial charge in [0.15, 0.2) is 0 Å². The van der Waals surface area contributed by atoms with E-state index < -0.39 is 0 Å². The normalized spacial score (nSPS) is 11.1. The summed E-state index contributed by atoms with van der Waals surface area (Å²) in [7, 11) is 0. The first-order chi connectivity index (χ1) is 12.5. The predicted octanol–water partition coefficient (Wildman–Crippen LogP) is 4.16. The monoisotopic (exact) mass is 350 g/mol. The second-order valence-corrected chi connectivity index (χ2v) is 6.86. The molecule has 136 valence electrons. The Hall–Kier alpha value is -2.75. The van der Waals surface area contributed by atoms with Gasteiger partial charge in [0.05, 0.1) is 12.5 Å². The smallest absolute Gasteiger partial charge is 0.224 e. The van der Waals surface area contributed by atoms with Crippen molar-refractivity contribution >= 4 is 16.8 Å². The Bertz CT molecular complexity index is 879. The third-order valence-corrected chi connectivity index (χ3v) is 4.40. The van der Waals surface area contributed by atoms with Crippen LogP contribution >= 0.6 is 0 Å². The summed E-state index contributed by atoms with van der Waals surface area (Å²) < 4.78 is 5.64. The Labute approximate surface area is 154 Å². The number of fused-ring (bicyclic) bond motifs is 1. The van der Waals surface area contributed by atoms with Gasteiger partial charge in [-0.3, -0.25) is 4.79 Å². The number of H-pyrrole nitrogens is 1. The molecule has 2 aromatic carbocycles. The molecule has 26 heavy (non-hydrogen) atoms. The third kappa shape index (κ3) is 4.45. The van der Waals surface area contributed by atoms with Crippen LogP contribution in [0.5, 0.6) is 5.75 Å². The van der Waals surface area contributed by atoms with Crippen LogP contribution in [0.25, 0.3) is 10.9 Å². The van der Waals surface area contributed by atoms with Gasteiger partial charge in [-0.15, -0.1) is 0 Å². The largest absolute Gasteiger partial charge is 0.491 e. The number of benzene rings is 2. The SMILES string of the molecule is Cc1[nH]c2ccccc2c1CC(=O)NCCc1ccc(OC(C)C)cc1. The van der Waals surface area contributed by atoms with Crippen LogP contribution in [-0.4, -0.2) is 23.5 Å². The maximum absolute atomic E-state index is 12.3. The van der Waals surface area contributed by atoms with Crippen LogP contribution in [0, 0.1) is 6.92 Å². The van der Waals surface area contributed by atoms with Gasteiger partial charge in [0.1, 0.15) is 5.75 Å². The lowest BCUT2D eigenvalue weighted by molar-refractivity contribution is -0.120. The number of carbonyl (C=O) groups is 1. The topological polar surface area (TPSA) is 54.1 Å². The van der Waals surface area contributed by atoms with Crippen LogP contribution < -0.4 is 10.1 Å². The number of ether oxygens (including phenoxy) is 1. The van der Waals surface area contributed by atoms with Crippen LogP contribution in [0.15, 0.2) is 48.5 Å². The van der Waals surface area contributed by atoms with E-state index in [9.17, 15) is 4.79 Å². The summed E-state index contributed by atoms with van der Waals surface area (Å²) in [6, 6.07) is 16.2. The van der Waals surface area contributed by atoms with Crippen LogP contribution in [0.3, 0.4) is 0 Å². The lowest BCUT2D eigenvalue weighted by Crippen LogP contribution is -2.27. The molecule has 0 bridgehead atoms. The molecular weight excluding hydrogens is 324 g/mol. The van der Waals surface area contributed by atoms with Crippen molar-refractivity contribution in [1.29, 1.82) is 0 Å². The van der Waals surface area contributed by atoms with Crippen molar-refractivity contribution in [3.63, 3.8) is 0 Å². The van der Waals surface area contributed by atoms with E-state index >= 15 is 0 Å². The summed E-state index contributed by atoms with van der Waals surface area (Å²) in [6.07, 6.45) is 1.38. The van der Waals surface area contributed by atoms with E-state index in [0.29, 0.717) is 13.0 Å². The quantitative estimate of drug-likeness (QED) is 0.672. The van der Waals surface area contributed by atoms with Crippen molar-refractivity contribution in [3.8, 4) is 5.75 Å². The zero-order valence-corrected chi connectivity index (χ0v) is 15.6. The first-order valence-electron chi connectivity index (χ1n) is 9.11. The average Bonchev–Trinajstić information content (AvgIpc) is 2.92. The van der Waals surface area contributed by atoms with Crippen molar-refractivity contribution in [2.45, 2.75) is 39.7 Å². The van der Waals surface area contributed by atoms with E-state index in [1.165, 1.54) is 5.56 Å². The third-order valence-electron chi connectivity index (χ3n) is 4.40. The summed E-state index contributed by atoms with van der Waals surface area (Å²) in [5.74, 6) is 0.931. The van der Waals surface area contributed by atoms with E-state index in [1.807, 2.05) is 63.2 Å². The lowest BCUT2D eigenvalue weighted by Gasteiger charge is -2.10. The van der Waals surface area contributed by atoms with Crippen molar-refractivity contribution < 1.29 is 9.53 Å². The second kappa shape index (κ2) is 8.09. The number of hydrogen-bond donors (Lipinski definition) is 2. The molecule has 0 aliphatic rings. The molecule has 0 fully saturated rings. The Morgan fingerprint density at radius 3 is 2.58 bits per heavy atom. The van der Waals surface area contributed by atoms with Gasteiger partial charge in [-0.2, -0.15) is 0 Å². The van der Waals surface area contributed by atoms with E-state index in [1.54, 1.807) is 0 Å². The van der Waals surface area contributed by atoms with E-state index in [0.717, 1.165) is 34.3 Å². The molecule has 3 rings (SSSR count). The van der Waals surface area contributed by atoms with Crippen LogP contribution in [0.1, 0.15) is 30.7 Å². The number of hydrogen-bond acceptors (Lipinski definition) is 2. The van der Waals surface area contributed by atoms with Gasteiger partial charge in [0.2, 0.25) is 5.91 Å². The van der Waals surface area contributed by atoms with Gasteiger partial charge in [-0.05, 0) is 56.5 Å². The van der Waals surface area contributed by atoms with Gasteiger partial charge in [-0.25, -0.2) is 0 Å². The van der Waals surface area contributed by atoms with Crippen LogP contribution in [-0.2, 0) is 17.6 Å². The Kier molecular flexibility index (Phi) is 5.61. The van der Waals surface area contributed by atoms with Gasteiger partial charge in [0.25, 0.3) is 0 Å². The first kappa shape index (κ1) is 18.1. The zero-order valence-electron chi connectivity index (χ0n) is 15.6. The summed E-state index contributed by atoms with van der Waals surface area (Å²) in [5.41, 5.74) is 4.40. The molecule has 0 atom stereocenters. The van der Waals surface area contributed by atoms with Gasteiger partial charge >= 0.3 is 0 Å². The maximum Gasteiger partial charge on any atom is 0.224 e. The molecule has 0 unspecified atom stereocenters. The summed E-state index contributed by atoms with van der Waals surface area (Å²) in [5, 5.41) is 4.15. The molecule has 0 spiro atoms. The van der Waals surface area contributed by atoms with E-state index in [4.69, 9.17) is 4.74 Å².